The third kappa shape index (κ3) is 3.80. The van der Waals surface area contributed by atoms with Crippen LogP contribution in [0.3, 0.4) is 0 Å². The minimum atomic E-state index is 0.179. The van der Waals surface area contributed by atoms with Crippen molar-refractivity contribution in [3.63, 3.8) is 0 Å². The third-order valence-corrected chi connectivity index (χ3v) is 5.05. The number of rotatable bonds is 4. The number of ether oxygens (including phenoxy) is 2. The van der Waals surface area contributed by atoms with Crippen LogP contribution in [-0.2, 0) is 13.1 Å². The summed E-state index contributed by atoms with van der Waals surface area (Å²) in [5, 5.41) is 10.5. The Morgan fingerprint density at radius 1 is 1.18 bits per heavy atom. The van der Waals surface area contributed by atoms with E-state index in [0.29, 0.717) is 18.9 Å². The number of aromatic hydroxyl groups is 1. The van der Waals surface area contributed by atoms with Gasteiger partial charge in [-0.05, 0) is 47.9 Å². The summed E-state index contributed by atoms with van der Waals surface area (Å²) in [5.74, 6) is 1.67. The van der Waals surface area contributed by atoms with Crippen molar-refractivity contribution in [3.05, 3.63) is 71.5 Å². The zero-order valence-corrected chi connectivity index (χ0v) is 16.2. The molecule has 4 rings (SSSR count). The van der Waals surface area contributed by atoms with Crippen LogP contribution >= 0.6 is 0 Å². The molecule has 28 heavy (non-hydrogen) atoms. The summed E-state index contributed by atoms with van der Waals surface area (Å²) >= 11 is 0. The largest absolute Gasteiger partial charge is 0.504 e. The minimum absolute atomic E-state index is 0.179. The second-order valence-electron chi connectivity index (χ2n) is 7.09. The van der Waals surface area contributed by atoms with E-state index in [9.17, 15) is 5.11 Å². The average Bonchev–Trinajstić information content (AvgIpc) is 2.91. The number of aromatic nitrogens is 1. The molecule has 1 N–H and O–H groups in total. The van der Waals surface area contributed by atoms with Crippen LogP contribution in [0.1, 0.15) is 16.7 Å². The van der Waals surface area contributed by atoms with Gasteiger partial charge >= 0.3 is 0 Å². The smallest absolute Gasteiger partial charge is 0.165 e. The van der Waals surface area contributed by atoms with Gasteiger partial charge in [0.2, 0.25) is 0 Å². The molecule has 1 aromatic heterocycles. The predicted molar refractivity (Wildman–Crippen MR) is 109 cm³/mol. The molecule has 0 amide bonds. The predicted octanol–water partition coefficient (Wildman–Crippen LogP) is 4.17. The molecule has 0 aliphatic carbocycles. The Labute approximate surface area is 165 Å². The van der Waals surface area contributed by atoms with Crippen LogP contribution in [0.5, 0.6) is 17.2 Å². The zero-order valence-electron chi connectivity index (χ0n) is 16.2. The van der Waals surface area contributed by atoms with Crippen LogP contribution in [0.25, 0.3) is 11.1 Å². The number of aryl methyl sites for hydroxylation is 1. The number of fused-ring (bicyclic) bond motifs is 1. The number of nitrogens with zero attached hydrogens (tertiary/aromatic N) is 2. The number of benzene rings is 2. The molecule has 144 valence electrons. The van der Waals surface area contributed by atoms with Gasteiger partial charge in [0.15, 0.2) is 11.5 Å². The standard InChI is InChI=1S/C23H24N2O3/c1-16-10-17(5-6-22(16)27-2)14-25-8-9-28-23-20(15-25)11-19(12-21(23)26)18-4-3-7-24-13-18/h3-7,10-13,26H,8-9,14-15H2,1-2H3. The summed E-state index contributed by atoms with van der Waals surface area (Å²) in [6.45, 7) is 4.92. The van der Waals surface area contributed by atoms with Gasteiger partial charge in [-0.3, -0.25) is 9.88 Å². The van der Waals surface area contributed by atoms with Crippen LogP contribution < -0.4 is 9.47 Å². The molecule has 0 atom stereocenters. The monoisotopic (exact) mass is 376 g/mol. The summed E-state index contributed by atoms with van der Waals surface area (Å²) < 4.78 is 11.2. The van der Waals surface area contributed by atoms with E-state index in [-0.39, 0.29) is 5.75 Å². The van der Waals surface area contributed by atoms with Crippen molar-refractivity contribution in [1.82, 2.24) is 9.88 Å². The Morgan fingerprint density at radius 2 is 2.07 bits per heavy atom. The van der Waals surface area contributed by atoms with Crippen molar-refractivity contribution < 1.29 is 14.6 Å². The molecule has 2 heterocycles. The van der Waals surface area contributed by atoms with E-state index in [1.54, 1.807) is 25.6 Å². The molecule has 0 spiro atoms. The topological polar surface area (TPSA) is 54.8 Å². The Bertz CT molecular complexity index is 973. The highest BCUT2D eigenvalue weighted by atomic mass is 16.5. The van der Waals surface area contributed by atoms with Crippen molar-refractivity contribution in [2.24, 2.45) is 0 Å². The quantitative estimate of drug-likeness (QED) is 0.741. The van der Waals surface area contributed by atoms with Gasteiger partial charge in [0, 0.05) is 43.2 Å². The van der Waals surface area contributed by atoms with Crippen LogP contribution in [0, 0.1) is 6.92 Å². The van der Waals surface area contributed by atoms with Crippen molar-refractivity contribution in [1.29, 1.82) is 0 Å². The minimum Gasteiger partial charge on any atom is -0.504 e. The first-order valence-corrected chi connectivity index (χ1v) is 9.39. The van der Waals surface area contributed by atoms with E-state index < -0.39 is 0 Å². The summed E-state index contributed by atoms with van der Waals surface area (Å²) in [6.07, 6.45) is 3.55. The molecule has 0 saturated heterocycles. The van der Waals surface area contributed by atoms with E-state index in [1.807, 2.05) is 18.2 Å². The lowest BCUT2D eigenvalue weighted by Gasteiger charge is -2.20. The molecule has 3 aromatic rings. The van der Waals surface area contributed by atoms with Crippen molar-refractivity contribution in [2.75, 3.05) is 20.3 Å². The van der Waals surface area contributed by atoms with Crippen LogP contribution in [0.2, 0.25) is 0 Å². The second kappa shape index (κ2) is 7.90. The zero-order chi connectivity index (χ0) is 19.5. The fourth-order valence-corrected chi connectivity index (χ4v) is 3.69. The highest BCUT2D eigenvalue weighted by molar-refractivity contribution is 5.68. The molecule has 0 bridgehead atoms. The van der Waals surface area contributed by atoms with Crippen LogP contribution in [-0.4, -0.2) is 35.3 Å². The van der Waals surface area contributed by atoms with Crippen molar-refractivity contribution in [2.45, 2.75) is 20.0 Å². The third-order valence-electron chi connectivity index (χ3n) is 5.05. The first-order valence-electron chi connectivity index (χ1n) is 9.39. The molecule has 5 nitrogen and oxygen atoms in total. The van der Waals surface area contributed by atoms with E-state index in [4.69, 9.17) is 9.47 Å². The van der Waals surface area contributed by atoms with Gasteiger partial charge in [0.1, 0.15) is 12.4 Å². The number of phenolic OH excluding ortho intramolecular Hbond substituents is 1. The maximum absolute atomic E-state index is 10.5. The lowest BCUT2D eigenvalue weighted by molar-refractivity contribution is 0.217. The molecular formula is C23H24N2O3. The van der Waals surface area contributed by atoms with Crippen LogP contribution in [0.4, 0.5) is 0 Å². The Morgan fingerprint density at radius 3 is 2.82 bits per heavy atom. The maximum atomic E-state index is 10.5. The summed E-state index contributed by atoms with van der Waals surface area (Å²) in [7, 11) is 1.69. The van der Waals surface area contributed by atoms with Crippen molar-refractivity contribution >= 4 is 0 Å². The van der Waals surface area contributed by atoms with Gasteiger partial charge in [-0.2, -0.15) is 0 Å². The average molecular weight is 376 g/mol. The van der Waals surface area contributed by atoms with E-state index in [1.165, 1.54) is 5.56 Å². The van der Waals surface area contributed by atoms with Crippen LogP contribution in [0.15, 0.2) is 54.9 Å². The van der Waals surface area contributed by atoms with E-state index in [0.717, 1.165) is 41.1 Å². The molecular weight excluding hydrogens is 352 g/mol. The molecule has 1 aliphatic rings. The summed E-state index contributed by atoms with van der Waals surface area (Å²) in [4.78, 5) is 6.51. The Balaban J connectivity index is 1.60. The second-order valence-corrected chi connectivity index (χ2v) is 7.09. The van der Waals surface area contributed by atoms with Gasteiger partial charge in [0.25, 0.3) is 0 Å². The normalized spacial score (nSPS) is 14.1. The molecule has 2 aromatic carbocycles. The highest BCUT2D eigenvalue weighted by Gasteiger charge is 2.20. The lowest BCUT2D eigenvalue weighted by atomic mass is 10.0. The molecule has 0 fully saturated rings. The number of methoxy groups -OCH3 is 1. The fraction of sp³-hybridized carbons (Fsp3) is 0.261. The van der Waals surface area contributed by atoms with E-state index in [2.05, 4.69) is 35.0 Å². The summed E-state index contributed by atoms with van der Waals surface area (Å²) in [6, 6.07) is 14.0. The number of hydrogen-bond acceptors (Lipinski definition) is 5. The number of hydrogen-bond donors (Lipinski definition) is 1. The molecule has 1 aliphatic heterocycles. The molecule has 0 saturated carbocycles. The van der Waals surface area contributed by atoms with Gasteiger partial charge in [0.05, 0.1) is 7.11 Å². The van der Waals surface area contributed by atoms with Crippen molar-refractivity contribution in [3.8, 4) is 28.4 Å². The van der Waals surface area contributed by atoms with Gasteiger partial charge in [-0.1, -0.05) is 18.2 Å². The fourth-order valence-electron chi connectivity index (χ4n) is 3.69. The Kier molecular flexibility index (Phi) is 5.17. The number of pyridine rings is 1. The SMILES string of the molecule is COc1ccc(CN2CCOc3c(O)cc(-c4cccnc4)cc3C2)cc1C. The summed E-state index contributed by atoms with van der Waals surface area (Å²) in [5.41, 5.74) is 5.26. The molecule has 5 heteroatoms. The van der Waals surface area contributed by atoms with Gasteiger partial charge in [-0.25, -0.2) is 0 Å². The first-order chi connectivity index (χ1) is 13.6. The Hall–Kier alpha value is -3.05. The van der Waals surface area contributed by atoms with E-state index >= 15 is 0 Å². The highest BCUT2D eigenvalue weighted by Crippen LogP contribution is 2.37. The molecule has 0 unspecified atom stereocenters. The van der Waals surface area contributed by atoms with Gasteiger partial charge < -0.3 is 14.6 Å². The first kappa shape index (κ1) is 18.3. The van der Waals surface area contributed by atoms with Gasteiger partial charge in [-0.15, -0.1) is 0 Å². The molecule has 0 radical (unpaired) electrons. The number of phenols is 1. The maximum Gasteiger partial charge on any atom is 0.165 e. The lowest BCUT2D eigenvalue weighted by Crippen LogP contribution is -2.25.